The Labute approximate surface area is 152 Å². The molecule has 11 heteroatoms. The van der Waals surface area contributed by atoms with Gasteiger partial charge in [0.25, 0.3) is 0 Å². The number of aliphatic hydroxyl groups is 2. The second-order valence-electron chi connectivity index (χ2n) is 6.86. The van der Waals surface area contributed by atoms with Crippen molar-refractivity contribution in [3.05, 3.63) is 0 Å². The number of ether oxygens (including phenoxy) is 1. The molecule has 0 aromatic heterocycles. The summed E-state index contributed by atoms with van der Waals surface area (Å²) in [4.78, 5) is 24.5. The molecule has 1 aliphatic heterocycles. The fourth-order valence-corrected chi connectivity index (χ4v) is 3.93. The molecular weight excluding hydrogens is 367 g/mol. The number of carbonyl (C=O) groups is 1. The van der Waals surface area contributed by atoms with Gasteiger partial charge in [-0.1, -0.05) is 19.8 Å². The first-order valence-corrected chi connectivity index (χ1v) is 10.1. The number of hydrogen-bond acceptors (Lipinski definition) is 8. The Balaban J connectivity index is 1.96. The average Bonchev–Trinajstić information content (AvgIpc) is 3.17. The van der Waals surface area contributed by atoms with Crippen molar-refractivity contribution in [2.75, 3.05) is 6.61 Å². The lowest BCUT2D eigenvalue weighted by Gasteiger charge is -2.24. The normalized spacial score (nSPS) is 38.7. The Hall–Kier alpha value is -0.870. The summed E-state index contributed by atoms with van der Waals surface area (Å²) in [6.07, 6.45) is 0.129. The molecule has 5 N–H and O–H groups in total. The summed E-state index contributed by atoms with van der Waals surface area (Å²) < 4.78 is 27.6. The maximum Gasteiger partial charge on any atom is 0.472 e. The van der Waals surface area contributed by atoms with E-state index in [4.69, 9.17) is 19.5 Å². The number of phosphoric acid groups is 1. The number of carbonyl (C=O) groups excluding carboxylic acids is 1. The third-order valence-corrected chi connectivity index (χ3v) is 5.56. The number of nitrogens with two attached hydrogens (primary N) is 1. The van der Waals surface area contributed by atoms with Gasteiger partial charge in [-0.3, -0.25) is 18.8 Å². The van der Waals surface area contributed by atoms with Gasteiger partial charge in [0, 0.05) is 12.6 Å². The van der Waals surface area contributed by atoms with Gasteiger partial charge < -0.3 is 25.6 Å². The van der Waals surface area contributed by atoms with Crippen LogP contribution in [0.15, 0.2) is 4.99 Å². The third kappa shape index (κ3) is 4.69. The first-order chi connectivity index (χ1) is 12.0. The SMILES string of the molecule is CCCCCOP(=O)(O)OC1CC12OC(N=CCC(N)=O)C(C)(O)C2O. The van der Waals surface area contributed by atoms with E-state index in [1.807, 2.05) is 6.92 Å². The molecule has 0 radical (unpaired) electrons. The number of hydrogen-bond donors (Lipinski definition) is 4. The minimum Gasteiger partial charge on any atom is -0.387 e. The first kappa shape index (κ1) is 21.4. The lowest BCUT2D eigenvalue weighted by atomic mass is 9.95. The highest BCUT2D eigenvalue weighted by Gasteiger charge is 2.74. The van der Waals surface area contributed by atoms with Crippen LogP contribution in [-0.2, 0) is 23.1 Å². The molecule has 1 saturated carbocycles. The molecule has 1 spiro atoms. The van der Waals surface area contributed by atoms with E-state index in [-0.39, 0.29) is 19.4 Å². The van der Waals surface area contributed by atoms with E-state index in [0.29, 0.717) is 6.42 Å². The zero-order chi connectivity index (χ0) is 19.6. The van der Waals surface area contributed by atoms with Gasteiger partial charge in [-0.05, 0) is 13.3 Å². The predicted octanol–water partition coefficient (Wildman–Crippen LogP) is 0.236. The number of unbranched alkanes of at least 4 members (excludes halogenated alkanes) is 2. The lowest BCUT2D eigenvalue weighted by Crippen LogP contribution is -2.46. The van der Waals surface area contributed by atoms with Gasteiger partial charge in [-0.15, -0.1) is 0 Å². The summed E-state index contributed by atoms with van der Waals surface area (Å²) >= 11 is 0. The molecule has 150 valence electrons. The Morgan fingerprint density at radius 3 is 2.81 bits per heavy atom. The Kier molecular flexibility index (Phi) is 6.61. The predicted molar refractivity (Wildman–Crippen MR) is 91.3 cm³/mol. The van der Waals surface area contributed by atoms with Crippen LogP contribution in [0, 0.1) is 0 Å². The van der Waals surface area contributed by atoms with Crippen LogP contribution >= 0.6 is 7.82 Å². The van der Waals surface area contributed by atoms with Crippen molar-refractivity contribution in [1.82, 2.24) is 0 Å². The molecule has 0 aromatic carbocycles. The van der Waals surface area contributed by atoms with Crippen LogP contribution in [0.1, 0.15) is 46.0 Å². The van der Waals surface area contributed by atoms with Crippen LogP contribution in [0.2, 0.25) is 0 Å². The monoisotopic (exact) mass is 394 g/mol. The summed E-state index contributed by atoms with van der Waals surface area (Å²) in [6, 6.07) is 0. The van der Waals surface area contributed by atoms with E-state index in [2.05, 4.69) is 4.99 Å². The van der Waals surface area contributed by atoms with Gasteiger partial charge >= 0.3 is 7.82 Å². The van der Waals surface area contributed by atoms with Gasteiger partial charge in [0.05, 0.1) is 13.0 Å². The molecule has 6 atom stereocenters. The van der Waals surface area contributed by atoms with Crippen LogP contribution in [0.5, 0.6) is 0 Å². The third-order valence-electron chi connectivity index (χ3n) is 4.53. The molecule has 1 aliphatic carbocycles. The number of aliphatic imine (C=N–C) groups is 1. The molecule has 26 heavy (non-hydrogen) atoms. The summed E-state index contributed by atoms with van der Waals surface area (Å²) in [5.74, 6) is -0.601. The van der Waals surface area contributed by atoms with Crippen LogP contribution in [-0.4, -0.2) is 63.5 Å². The van der Waals surface area contributed by atoms with Crippen molar-refractivity contribution in [3.8, 4) is 0 Å². The maximum absolute atomic E-state index is 12.0. The van der Waals surface area contributed by atoms with E-state index in [1.165, 1.54) is 13.1 Å². The molecular formula is C15H27N2O8P. The standard InChI is InChI=1S/C15H27N2O8P/c1-3-4-5-8-23-26(21,22)25-10-9-15(10)12(19)14(2,20)13(24-15)17-7-6-11(16)18/h7,10,12-13,19-20H,3-6,8-9H2,1-2H3,(H2,16,18)(H,21,22). The number of aliphatic hydroxyl groups excluding tert-OH is 1. The zero-order valence-electron chi connectivity index (χ0n) is 14.9. The van der Waals surface area contributed by atoms with Gasteiger partial charge in [0.2, 0.25) is 5.91 Å². The van der Waals surface area contributed by atoms with E-state index in [9.17, 15) is 24.5 Å². The van der Waals surface area contributed by atoms with E-state index < -0.39 is 43.4 Å². The highest BCUT2D eigenvalue weighted by atomic mass is 31.2. The van der Waals surface area contributed by atoms with Crippen molar-refractivity contribution in [3.63, 3.8) is 0 Å². The van der Waals surface area contributed by atoms with Gasteiger partial charge in [-0.2, -0.15) is 0 Å². The van der Waals surface area contributed by atoms with Crippen molar-refractivity contribution in [2.24, 2.45) is 10.7 Å². The van der Waals surface area contributed by atoms with Crippen molar-refractivity contribution >= 4 is 19.9 Å². The van der Waals surface area contributed by atoms with Crippen molar-refractivity contribution in [2.45, 2.75) is 75.6 Å². The van der Waals surface area contributed by atoms with Gasteiger partial charge in [-0.25, -0.2) is 4.57 Å². The second-order valence-corrected chi connectivity index (χ2v) is 8.27. The van der Waals surface area contributed by atoms with Crippen LogP contribution in [0.4, 0.5) is 0 Å². The Morgan fingerprint density at radius 1 is 1.50 bits per heavy atom. The summed E-state index contributed by atoms with van der Waals surface area (Å²) in [5, 5.41) is 20.9. The topological polar surface area (TPSA) is 161 Å². The largest absolute Gasteiger partial charge is 0.472 e. The highest BCUT2D eigenvalue weighted by molar-refractivity contribution is 7.47. The van der Waals surface area contributed by atoms with Crippen molar-refractivity contribution in [1.29, 1.82) is 0 Å². The Bertz CT molecular complexity index is 598. The maximum atomic E-state index is 12.0. The fraction of sp³-hybridized carbons (Fsp3) is 0.867. The molecule has 2 aliphatic rings. The molecule has 2 fully saturated rings. The molecule has 1 saturated heterocycles. The van der Waals surface area contributed by atoms with Gasteiger partial charge in [0.15, 0.2) is 6.23 Å². The number of nitrogens with zero attached hydrogens (tertiary/aromatic N) is 1. The van der Waals surface area contributed by atoms with E-state index in [0.717, 1.165) is 12.8 Å². The summed E-state index contributed by atoms with van der Waals surface area (Å²) in [5.41, 5.74) is 1.91. The first-order valence-electron chi connectivity index (χ1n) is 8.59. The summed E-state index contributed by atoms with van der Waals surface area (Å²) in [7, 11) is -4.30. The summed E-state index contributed by atoms with van der Waals surface area (Å²) in [6.45, 7) is 3.41. The molecule has 0 bridgehead atoms. The lowest BCUT2D eigenvalue weighted by molar-refractivity contribution is -0.116. The highest BCUT2D eigenvalue weighted by Crippen LogP contribution is 2.60. The van der Waals surface area contributed by atoms with Gasteiger partial charge in [0.1, 0.15) is 23.4 Å². The second kappa shape index (κ2) is 8.02. The van der Waals surface area contributed by atoms with Crippen molar-refractivity contribution < 1.29 is 38.3 Å². The molecule has 6 unspecified atom stereocenters. The number of amides is 1. The van der Waals surface area contributed by atoms with Crippen LogP contribution < -0.4 is 5.73 Å². The van der Waals surface area contributed by atoms with E-state index in [1.54, 1.807) is 0 Å². The van der Waals surface area contributed by atoms with Crippen LogP contribution in [0.25, 0.3) is 0 Å². The minimum absolute atomic E-state index is 0.0858. The molecule has 0 aromatic rings. The fourth-order valence-electron chi connectivity index (χ4n) is 2.93. The quantitative estimate of drug-likeness (QED) is 0.233. The number of primary amides is 1. The molecule has 2 rings (SSSR count). The molecule has 10 nitrogen and oxygen atoms in total. The number of rotatable bonds is 10. The molecule has 1 heterocycles. The minimum atomic E-state index is -4.30. The smallest absolute Gasteiger partial charge is 0.387 e. The Morgan fingerprint density at radius 2 is 2.19 bits per heavy atom. The average molecular weight is 394 g/mol. The van der Waals surface area contributed by atoms with Crippen LogP contribution in [0.3, 0.4) is 0 Å². The molecule has 1 amide bonds. The number of phosphoric ester groups is 1. The van der Waals surface area contributed by atoms with E-state index >= 15 is 0 Å². The zero-order valence-corrected chi connectivity index (χ0v) is 15.8.